The average Bonchev–Trinajstić information content (AvgIpc) is 1.99. The number of hydrogen-bond donors (Lipinski definition) is 1. The molecule has 86 valence electrons. The van der Waals surface area contributed by atoms with Crippen molar-refractivity contribution in [3.8, 4) is 0 Å². The number of carbonyl (C=O) groups is 2. The highest BCUT2D eigenvalue weighted by atomic mass is 16.2. The van der Waals surface area contributed by atoms with Gasteiger partial charge in [-0.2, -0.15) is 0 Å². The van der Waals surface area contributed by atoms with E-state index in [9.17, 15) is 9.59 Å². The smallest absolute Gasteiger partial charge is 0.226 e. The lowest BCUT2D eigenvalue weighted by molar-refractivity contribution is -0.141. The summed E-state index contributed by atoms with van der Waals surface area (Å²) in [4.78, 5) is 24.3. The van der Waals surface area contributed by atoms with Crippen molar-refractivity contribution < 1.29 is 9.59 Å². The molecular formula is C11H20N2O2. The van der Waals surface area contributed by atoms with Gasteiger partial charge in [-0.15, -0.1) is 0 Å². The van der Waals surface area contributed by atoms with E-state index in [0.29, 0.717) is 19.0 Å². The van der Waals surface area contributed by atoms with Crippen LogP contribution in [0.15, 0.2) is 0 Å². The van der Waals surface area contributed by atoms with Crippen LogP contribution in [0.1, 0.15) is 27.7 Å². The van der Waals surface area contributed by atoms with E-state index in [-0.39, 0.29) is 23.8 Å². The topological polar surface area (TPSA) is 49.4 Å². The minimum absolute atomic E-state index is 0.00454. The molecule has 1 saturated heterocycles. The van der Waals surface area contributed by atoms with Crippen LogP contribution in [0.3, 0.4) is 0 Å². The number of rotatable bonds is 3. The van der Waals surface area contributed by atoms with Gasteiger partial charge < -0.3 is 10.2 Å². The van der Waals surface area contributed by atoms with E-state index < -0.39 is 0 Å². The van der Waals surface area contributed by atoms with E-state index in [1.54, 1.807) is 4.90 Å². The molecule has 1 rings (SSSR count). The molecule has 0 spiro atoms. The number of hydrogen-bond acceptors (Lipinski definition) is 2. The molecule has 2 amide bonds. The molecule has 0 saturated carbocycles. The van der Waals surface area contributed by atoms with Crippen LogP contribution in [0.2, 0.25) is 0 Å². The number of nitrogens with one attached hydrogen (secondary N) is 1. The Bertz CT molecular complexity index is 257. The molecule has 4 heteroatoms. The monoisotopic (exact) mass is 212 g/mol. The van der Waals surface area contributed by atoms with E-state index in [1.807, 2.05) is 6.92 Å². The van der Waals surface area contributed by atoms with Crippen LogP contribution in [-0.4, -0.2) is 35.8 Å². The van der Waals surface area contributed by atoms with Crippen molar-refractivity contribution in [2.45, 2.75) is 33.7 Å². The number of amides is 2. The fourth-order valence-corrected chi connectivity index (χ4v) is 1.41. The molecule has 1 aliphatic rings. The molecule has 0 radical (unpaired) electrons. The van der Waals surface area contributed by atoms with Crippen LogP contribution in [0.25, 0.3) is 0 Å². The summed E-state index contributed by atoms with van der Waals surface area (Å²) in [7, 11) is 0. The molecule has 0 unspecified atom stereocenters. The second kappa shape index (κ2) is 4.64. The van der Waals surface area contributed by atoms with Gasteiger partial charge in [-0.25, -0.2) is 0 Å². The number of nitrogens with zero attached hydrogens (tertiary/aromatic N) is 1. The van der Waals surface area contributed by atoms with Gasteiger partial charge in [-0.3, -0.25) is 9.59 Å². The van der Waals surface area contributed by atoms with Gasteiger partial charge in [0.25, 0.3) is 0 Å². The van der Waals surface area contributed by atoms with Gasteiger partial charge in [0.2, 0.25) is 11.8 Å². The standard InChI is InChI=1S/C11H20N2O2/c1-7(2)8(3)12-11(15)10-5-13(6-10)9(4)14/h7-8,10H,5-6H2,1-4H3,(H,12,15)/t8-/m1/s1. The molecule has 1 aliphatic heterocycles. The summed E-state index contributed by atoms with van der Waals surface area (Å²) in [6, 6.07) is 0.198. The molecule has 0 bridgehead atoms. The quantitative estimate of drug-likeness (QED) is 0.745. The van der Waals surface area contributed by atoms with Crippen molar-refractivity contribution in [1.29, 1.82) is 0 Å². The minimum Gasteiger partial charge on any atom is -0.353 e. The Hall–Kier alpha value is -1.06. The van der Waals surface area contributed by atoms with Gasteiger partial charge >= 0.3 is 0 Å². The Kier molecular flexibility index (Phi) is 3.72. The molecule has 1 heterocycles. The summed E-state index contributed by atoms with van der Waals surface area (Å²) in [6.07, 6.45) is 0. The van der Waals surface area contributed by atoms with E-state index in [2.05, 4.69) is 19.2 Å². The number of carbonyl (C=O) groups excluding carboxylic acids is 2. The third-order valence-electron chi connectivity index (χ3n) is 3.07. The Balaban J connectivity index is 2.29. The summed E-state index contributed by atoms with van der Waals surface area (Å²) < 4.78 is 0. The third kappa shape index (κ3) is 2.94. The van der Waals surface area contributed by atoms with Crippen molar-refractivity contribution in [2.75, 3.05) is 13.1 Å². The maximum atomic E-state index is 11.7. The zero-order valence-electron chi connectivity index (χ0n) is 9.91. The maximum absolute atomic E-state index is 11.7. The maximum Gasteiger partial charge on any atom is 0.226 e. The highest BCUT2D eigenvalue weighted by Gasteiger charge is 2.34. The predicted molar refractivity (Wildman–Crippen MR) is 58.2 cm³/mol. The van der Waals surface area contributed by atoms with Gasteiger partial charge in [0.1, 0.15) is 0 Å². The lowest BCUT2D eigenvalue weighted by Crippen LogP contribution is -2.56. The van der Waals surface area contributed by atoms with Crippen molar-refractivity contribution in [3.05, 3.63) is 0 Å². The lowest BCUT2D eigenvalue weighted by Gasteiger charge is -2.38. The summed E-state index contributed by atoms with van der Waals surface area (Å²) >= 11 is 0. The van der Waals surface area contributed by atoms with Crippen molar-refractivity contribution in [2.24, 2.45) is 11.8 Å². The second-order valence-corrected chi connectivity index (χ2v) is 4.66. The predicted octanol–water partition coefficient (Wildman–Crippen LogP) is 0.625. The minimum atomic E-state index is -0.00454. The van der Waals surface area contributed by atoms with Gasteiger partial charge in [-0.1, -0.05) is 13.8 Å². The molecule has 0 aromatic rings. The lowest BCUT2D eigenvalue weighted by atomic mass is 9.97. The van der Waals surface area contributed by atoms with Gasteiger partial charge in [0.05, 0.1) is 5.92 Å². The average molecular weight is 212 g/mol. The zero-order chi connectivity index (χ0) is 11.6. The van der Waals surface area contributed by atoms with E-state index >= 15 is 0 Å². The first-order valence-corrected chi connectivity index (χ1v) is 5.47. The van der Waals surface area contributed by atoms with Gasteiger partial charge in [0.15, 0.2) is 0 Å². The van der Waals surface area contributed by atoms with E-state index in [4.69, 9.17) is 0 Å². The van der Waals surface area contributed by atoms with E-state index in [0.717, 1.165) is 0 Å². The van der Waals surface area contributed by atoms with Crippen LogP contribution in [0, 0.1) is 11.8 Å². The Morgan fingerprint density at radius 1 is 1.27 bits per heavy atom. The highest BCUT2D eigenvalue weighted by molar-refractivity contribution is 5.83. The Morgan fingerprint density at radius 2 is 1.80 bits per heavy atom. The molecule has 1 fully saturated rings. The SMILES string of the molecule is CC(=O)N1CC(C(=O)N[C@H](C)C(C)C)C1. The Labute approximate surface area is 91.0 Å². The molecule has 1 N–H and O–H groups in total. The first-order chi connectivity index (χ1) is 6.91. The van der Waals surface area contributed by atoms with Gasteiger partial charge in [0, 0.05) is 26.1 Å². The molecule has 1 atom stereocenters. The fourth-order valence-electron chi connectivity index (χ4n) is 1.41. The molecule has 15 heavy (non-hydrogen) atoms. The van der Waals surface area contributed by atoms with Crippen molar-refractivity contribution >= 4 is 11.8 Å². The van der Waals surface area contributed by atoms with Crippen molar-refractivity contribution in [1.82, 2.24) is 10.2 Å². The van der Waals surface area contributed by atoms with Crippen LogP contribution in [0.4, 0.5) is 0 Å². The van der Waals surface area contributed by atoms with Crippen LogP contribution in [0.5, 0.6) is 0 Å². The first-order valence-electron chi connectivity index (χ1n) is 5.47. The molecule has 4 nitrogen and oxygen atoms in total. The summed E-state index contributed by atoms with van der Waals surface area (Å²) in [5.74, 6) is 0.567. The first kappa shape index (κ1) is 12.0. The molecule has 0 aliphatic carbocycles. The summed E-state index contributed by atoms with van der Waals surface area (Å²) in [5.41, 5.74) is 0. The number of likely N-dealkylation sites (tertiary alicyclic amines) is 1. The van der Waals surface area contributed by atoms with Crippen molar-refractivity contribution in [3.63, 3.8) is 0 Å². The Morgan fingerprint density at radius 3 is 2.20 bits per heavy atom. The second-order valence-electron chi connectivity index (χ2n) is 4.66. The highest BCUT2D eigenvalue weighted by Crippen LogP contribution is 2.16. The van der Waals surface area contributed by atoms with Gasteiger partial charge in [-0.05, 0) is 12.8 Å². The summed E-state index contributed by atoms with van der Waals surface area (Å²) in [6.45, 7) is 8.84. The van der Waals surface area contributed by atoms with Crippen LogP contribution < -0.4 is 5.32 Å². The zero-order valence-corrected chi connectivity index (χ0v) is 9.91. The molecule has 0 aromatic heterocycles. The van der Waals surface area contributed by atoms with Crippen LogP contribution in [-0.2, 0) is 9.59 Å². The normalized spacial score (nSPS) is 18.6. The largest absolute Gasteiger partial charge is 0.353 e. The molecular weight excluding hydrogens is 192 g/mol. The third-order valence-corrected chi connectivity index (χ3v) is 3.07. The summed E-state index contributed by atoms with van der Waals surface area (Å²) in [5, 5.41) is 2.96. The fraction of sp³-hybridized carbons (Fsp3) is 0.818. The molecule has 0 aromatic carbocycles. The van der Waals surface area contributed by atoms with E-state index in [1.165, 1.54) is 6.92 Å². The van der Waals surface area contributed by atoms with Crippen LogP contribution >= 0.6 is 0 Å².